The van der Waals surface area contributed by atoms with Gasteiger partial charge in [0.15, 0.2) is 0 Å². The van der Waals surface area contributed by atoms with Gasteiger partial charge < -0.3 is 9.80 Å². The molecular formula is C47H47N3. The molecule has 3 aromatic carbocycles. The highest BCUT2D eigenvalue weighted by Gasteiger charge is 2.51. The average Bonchev–Trinajstić information content (AvgIpc) is 3.73. The molecule has 3 heteroatoms. The lowest BCUT2D eigenvalue weighted by molar-refractivity contribution is 0.184. The molecule has 0 fully saturated rings. The third kappa shape index (κ3) is 4.74. The van der Waals surface area contributed by atoms with E-state index in [4.69, 9.17) is 6.58 Å². The fourth-order valence-corrected chi connectivity index (χ4v) is 9.55. The lowest BCUT2D eigenvalue weighted by atomic mass is 9.80. The van der Waals surface area contributed by atoms with Gasteiger partial charge in [0.05, 0.1) is 12.1 Å². The number of fused-ring (bicyclic) bond motifs is 5. The van der Waals surface area contributed by atoms with E-state index in [1.54, 1.807) is 0 Å². The summed E-state index contributed by atoms with van der Waals surface area (Å²) in [4.78, 5) is 5.07. The first-order valence-electron chi connectivity index (χ1n) is 18.5. The summed E-state index contributed by atoms with van der Waals surface area (Å²) in [7, 11) is 0. The highest BCUT2D eigenvalue weighted by atomic mass is 15.4. The van der Waals surface area contributed by atoms with Gasteiger partial charge in [-0.15, -0.1) is 0 Å². The van der Waals surface area contributed by atoms with Crippen LogP contribution in [0.5, 0.6) is 0 Å². The number of rotatable bonds is 7. The van der Waals surface area contributed by atoms with Gasteiger partial charge in [-0.2, -0.15) is 0 Å². The van der Waals surface area contributed by atoms with Gasteiger partial charge in [-0.1, -0.05) is 136 Å². The molecule has 2 heterocycles. The molecule has 9 rings (SSSR count). The van der Waals surface area contributed by atoms with Gasteiger partial charge in [0.2, 0.25) is 0 Å². The summed E-state index contributed by atoms with van der Waals surface area (Å²) in [5.41, 5.74) is 14.3. The second-order valence-electron chi connectivity index (χ2n) is 15.4. The zero-order valence-corrected chi connectivity index (χ0v) is 29.7. The molecule has 0 amide bonds. The summed E-state index contributed by atoms with van der Waals surface area (Å²) >= 11 is 0. The standard InChI is InChI=1S/C47H47N3/c1-6-38-39-13-7-9-15-42(39)46(4,5)43(38)28-32(3)50(47-30-35(47)12-11-27-48-47)37-24-19-33(20-25-37)34-21-26-45-41(29-34)40-14-8-10-16-44(40)49(45)36-22-17-31(2)18-23-36/h7-24,26,28-30,37-38,40,44,48H,3,6,25,27H2,1-2,4-5H3/b43-28+/t37?,38?,40?,44?,47-/m0/s1. The Morgan fingerprint density at radius 3 is 2.58 bits per heavy atom. The number of nitrogens with one attached hydrogen (secondary N) is 1. The van der Waals surface area contributed by atoms with E-state index >= 15 is 0 Å². The number of hydrogen-bond donors (Lipinski definition) is 1. The van der Waals surface area contributed by atoms with Gasteiger partial charge in [0.25, 0.3) is 0 Å². The number of nitrogens with zero attached hydrogens (tertiary/aromatic N) is 2. The van der Waals surface area contributed by atoms with Crippen molar-refractivity contribution in [3.8, 4) is 0 Å². The first-order chi connectivity index (χ1) is 24.3. The summed E-state index contributed by atoms with van der Waals surface area (Å²) < 4.78 is 0. The summed E-state index contributed by atoms with van der Waals surface area (Å²) in [5.74, 6) is 0.748. The van der Waals surface area contributed by atoms with Crippen LogP contribution in [-0.2, 0) is 5.41 Å². The molecule has 50 heavy (non-hydrogen) atoms. The molecule has 3 aromatic rings. The van der Waals surface area contributed by atoms with E-state index in [-0.39, 0.29) is 17.1 Å². The van der Waals surface area contributed by atoms with Crippen molar-refractivity contribution < 1.29 is 0 Å². The minimum atomic E-state index is -0.274. The Labute approximate surface area is 298 Å². The van der Waals surface area contributed by atoms with E-state index in [1.807, 2.05) is 0 Å². The van der Waals surface area contributed by atoms with Crippen LogP contribution in [-0.4, -0.2) is 29.2 Å². The van der Waals surface area contributed by atoms with Crippen molar-refractivity contribution in [1.82, 2.24) is 10.2 Å². The lowest BCUT2D eigenvalue weighted by Gasteiger charge is -2.43. The Bertz CT molecular complexity index is 2110. The van der Waals surface area contributed by atoms with Crippen molar-refractivity contribution in [3.05, 3.63) is 185 Å². The molecule has 0 aromatic heterocycles. The third-order valence-corrected chi connectivity index (χ3v) is 12.1. The summed E-state index contributed by atoms with van der Waals surface area (Å²) in [6.45, 7) is 14.9. The first-order valence-corrected chi connectivity index (χ1v) is 18.5. The second-order valence-corrected chi connectivity index (χ2v) is 15.4. The molecule has 3 nitrogen and oxygen atoms in total. The van der Waals surface area contributed by atoms with Gasteiger partial charge in [-0.05, 0) is 89.6 Å². The maximum absolute atomic E-state index is 4.81. The third-order valence-electron chi connectivity index (χ3n) is 12.1. The molecular weight excluding hydrogens is 607 g/mol. The largest absolute Gasteiger partial charge is 0.340 e. The second kappa shape index (κ2) is 11.6. The molecule has 0 spiro atoms. The Morgan fingerprint density at radius 1 is 0.980 bits per heavy atom. The quantitative estimate of drug-likeness (QED) is 0.274. The number of hydrogen-bond acceptors (Lipinski definition) is 3. The zero-order chi connectivity index (χ0) is 34.2. The number of aryl methyl sites for hydroxylation is 1. The molecule has 5 atom stereocenters. The smallest absolute Gasteiger partial charge is 0.138 e. The molecule has 6 aliphatic rings. The van der Waals surface area contributed by atoms with E-state index in [9.17, 15) is 0 Å². The van der Waals surface area contributed by atoms with Crippen molar-refractivity contribution in [2.24, 2.45) is 0 Å². The maximum Gasteiger partial charge on any atom is 0.138 e. The van der Waals surface area contributed by atoms with Gasteiger partial charge in [-0.3, -0.25) is 5.32 Å². The highest BCUT2D eigenvalue weighted by molar-refractivity contribution is 5.81. The Kier molecular flexibility index (Phi) is 7.23. The van der Waals surface area contributed by atoms with Gasteiger partial charge in [-0.25, -0.2) is 0 Å². The zero-order valence-electron chi connectivity index (χ0n) is 29.7. The van der Waals surface area contributed by atoms with E-state index in [2.05, 4.69) is 176 Å². The molecule has 4 aliphatic carbocycles. The summed E-state index contributed by atoms with van der Waals surface area (Å²) in [6.07, 6.45) is 27.7. The Balaban J connectivity index is 1.02. The Morgan fingerprint density at radius 2 is 1.80 bits per heavy atom. The fraction of sp³-hybridized carbons (Fsp3) is 0.277. The predicted molar refractivity (Wildman–Crippen MR) is 210 cm³/mol. The maximum atomic E-state index is 4.81. The van der Waals surface area contributed by atoms with Crippen molar-refractivity contribution in [1.29, 1.82) is 0 Å². The summed E-state index contributed by atoms with van der Waals surface area (Å²) in [5, 5.41) is 3.84. The van der Waals surface area contributed by atoms with Crippen LogP contribution in [0.15, 0.2) is 157 Å². The first kappa shape index (κ1) is 31.1. The Hall–Kier alpha value is -4.86. The molecule has 0 saturated heterocycles. The van der Waals surface area contributed by atoms with Gasteiger partial charge >= 0.3 is 0 Å². The average molecular weight is 654 g/mol. The molecule has 250 valence electrons. The molecule has 4 unspecified atom stereocenters. The van der Waals surface area contributed by atoms with Crippen LogP contribution in [0.2, 0.25) is 0 Å². The van der Waals surface area contributed by atoms with E-state index < -0.39 is 0 Å². The van der Waals surface area contributed by atoms with Crippen molar-refractivity contribution in [3.63, 3.8) is 0 Å². The molecule has 1 N–H and O–H groups in total. The monoisotopic (exact) mass is 653 g/mol. The number of anilines is 2. The molecule has 2 aliphatic heterocycles. The van der Waals surface area contributed by atoms with Crippen LogP contribution >= 0.6 is 0 Å². The van der Waals surface area contributed by atoms with E-state index in [1.165, 1.54) is 55.9 Å². The molecule has 0 bridgehead atoms. The predicted octanol–water partition coefficient (Wildman–Crippen LogP) is 10.5. The number of allylic oxidation sites excluding steroid dienone is 6. The van der Waals surface area contributed by atoms with Gasteiger partial charge in [0, 0.05) is 40.9 Å². The van der Waals surface area contributed by atoms with E-state index in [0.717, 1.165) is 25.1 Å². The molecule has 0 radical (unpaired) electrons. The topological polar surface area (TPSA) is 18.5 Å². The normalized spacial score (nSPS) is 28.5. The van der Waals surface area contributed by atoms with Crippen LogP contribution in [0, 0.1) is 6.92 Å². The van der Waals surface area contributed by atoms with E-state index in [0.29, 0.717) is 17.9 Å². The van der Waals surface area contributed by atoms with Gasteiger partial charge in [0.1, 0.15) is 5.66 Å². The lowest BCUT2D eigenvalue weighted by Crippen LogP contribution is -2.55. The van der Waals surface area contributed by atoms with Crippen LogP contribution in [0.3, 0.4) is 0 Å². The summed E-state index contributed by atoms with van der Waals surface area (Å²) in [6, 6.07) is 25.6. The fourth-order valence-electron chi connectivity index (χ4n) is 9.55. The van der Waals surface area contributed by atoms with Crippen molar-refractivity contribution in [2.45, 2.75) is 75.5 Å². The molecule has 0 saturated carbocycles. The minimum Gasteiger partial charge on any atom is -0.340 e. The van der Waals surface area contributed by atoms with Crippen molar-refractivity contribution >= 4 is 16.9 Å². The highest BCUT2D eigenvalue weighted by Crippen LogP contribution is 2.53. The number of benzene rings is 3. The SMILES string of the molecule is C=C(/C=C1\C(CC)c2ccccc2C1(C)C)N(C1C=CC(c2ccc3c(c2)C2C=CC=CC2N3c2ccc(C)cc2)=CC1)[C@@]12C=C1C=CCN2. The van der Waals surface area contributed by atoms with Crippen molar-refractivity contribution in [2.75, 3.05) is 11.4 Å². The van der Waals surface area contributed by atoms with Crippen LogP contribution in [0.4, 0.5) is 11.4 Å². The van der Waals surface area contributed by atoms with Crippen LogP contribution < -0.4 is 10.2 Å². The van der Waals surface area contributed by atoms with Crippen LogP contribution in [0.25, 0.3) is 5.57 Å². The minimum absolute atomic E-state index is 0.0380. The van der Waals surface area contributed by atoms with Crippen LogP contribution in [0.1, 0.15) is 73.3 Å².